The average molecular weight is 1070 g/mol. The maximum absolute atomic E-state index is 2.62. The molecule has 2 aromatic heterocycles. The third-order valence-electron chi connectivity index (χ3n) is 16.7. The minimum absolute atomic E-state index is 1.00. The summed E-state index contributed by atoms with van der Waals surface area (Å²) in [6.45, 7) is 9.26. The number of fused-ring (bicyclic) bond motifs is 6. The quantitative estimate of drug-likeness (QED) is 0.0890. The van der Waals surface area contributed by atoms with Crippen LogP contribution in [0.1, 0.15) is 75.6 Å². The van der Waals surface area contributed by atoms with Gasteiger partial charge in [-0.1, -0.05) is 223 Å². The summed E-state index contributed by atoms with van der Waals surface area (Å²) in [6.07, 6.45) is 8.28. The van der Waals surface area contributed by atoms with E-state index in [-0.39, 0.29) is 0 Å². The first-order valence-corrected chi connectivity index (χ1v) is 30.7. The first kappa shape index (κ1) is 50.0. The minimum atomic E-state index is 1.00. The zero-order valence-corrected chi connectivity index (χ0v) is 47.8. The smallest absolute Gasteiger partial charge is 0.0540 e. The molecule has 0 aliphatic heterocycles. The van der Waals surface area contributed by atoms with Gasteiger partial charge in [-0.3, -0.25) is 0 Å². The van der Waals surface area contributed by atoms with E-state index in [0.717, 1.165) is 51.4 Å². The van der Waals surface area contributed by atoms with E-state index in [2.05, 4.69) is 256 Å². The summed E-state index contributed by atoms with van der Waals surface area (Å²) >= 11 is 3.80. The molecule has 14 rings (SSSR count). The first-order chi connectivity index (χ1) is 39.5. The summed E-state index contributed by atoms with van der Waals surface area (Å²) in [6, 6.07) is 83.5. The molecule has 0 aliphatic carbocycles. The molecule has 14 aromatic rings. The standard InChI is InChI=1S/C76H64N2S2/c1-5-17-53-21-13-22-54(18-6-2)73(53)77(57-41-33-49(34-42-57)59-27-15-29-63-61-25-9-11-31-69(61)79-75(59)63)67-47-39-51-38-46-66-68(48-40-52-37-45-65(67)71(51)72(52)66)78(74-55(19-7-3)23-14-24-56(74)20-8-4)58-43-35-50(36-44-58)60-28-16-30-64-62-26-10-12-32-70(62)80-76(60)64/h9-16,21-48H,5-8,17-20H2,1-4H3. The molecular weight excluding hydrogens is 1000 g/mol. The number of rotatable bonds is 16. The minimum Gasteiger partial charge on any atom is -0.309 e. The summed E-state index contributed by atoms with van der Waals surface area (Å²) in [5, 5.41) is 13.0. The summed E-state index contributed by atoms with van der Waals surface area (Å²) in [7, 11) is 0. The molecule has 0 aliphatic rings. The summed E-state index contributed by atoms with van der Waals surface area (Å²) in [5.74, 6) is 0. The topological polar surface area (TPSA) is 6.48 Å². The van der Waals surface area contributed by atoms with E-state index in [9.17, 15) is 0 Å². The van der Waals surface area contributed by atoms with Gasteiger partial charge >= 0.3 is 0 Å². The first-order valence-electron chi connectivity index (χ1n) is 29.1. The predicted octanol–water partition coefficient (Wildman–Crippen LogP) is 23.4. The van der Waals surface area contributed by atoms with Crippen molar-refractivity contribution in [1.82, 2.24) is 0 Å². The number of benzene rings is 12. The molecule has 0 amide bonds. The monoisotopic (exact) mass is 1070 g/mol. The van der Waals surface area contributed by atoms with Crippen LogP contribution in [0.4, 0.5) is 34.1 Å². The maximum Gasteiger partial charge on any atom is 0.0540 e. The molecule has 0 radical (unpaired) electrons. The van der Waals surface area contributed by atoms with Gasteiger partial charge in [-0.15, -0.1) is 22.7 Å². The summed E-state index contributed by atoms with van der Waals surface area (Å²) in [4.78, 5) is 5.25. The van der Waals surface area contributed by atoms with Gasteiger partial charge in [-0.2, -0.15) is 0 Å². The maximum atomic E-state index is 2.62. The molecule has 80 heavy (non-hydrogen) atoms. The van der Waals surface area contributed by atoms with E-state index >= 15 is 0 Å². The van der Waals surface area contributed by atoms with Gasteiger partial charge in [-0.05, 0) is 140 Å². The van der Waals surface area contributed by atoms with Crippen molar-refractivity contribution in [2.24, 2.45) is 0 Å². The molecule has 0 saturated heterocycles. The fraction of sp³-hybridized carbons (Fsp3) is 0.158. The van der Waals surface area contributed by atoms with Crippen LogP contribution in [0.25, 0.3) is 94.9 Å². The number of nitrogens with zero attached hydrogens (tertiary/aromatic N) is 2. The van der Waals surface area contributed by atoms with Crippen molar-refractivity contribution < 1.29 is 0 Å². The van der Waals surface area contributed by atoms with Gasteiger partial charge in [0, 0.05) is 62.5 Å². The average Bonchev–Trinajstić information content (AvgIpc) is 4.12. The molecule has 12 aromatic carbocycles. The molecule has 4 heteroatoms. The van der Waals surface area contributed by atoms with Crippen LogP contribution in [0.5, 0.6) is 0 Å². The van der Waals surface area contributed by atoms with Gasteiger partial charge in [0.25, 0.3) is 0 Å². The van der Waals surface area contributed by atoms with Gasteiger partial charge in [0.2, 0.25) is 0 Å². The molecule has 2 heterocycles. The van der Waals surface area contributed by atoms with Crippen LogP contribution < -0.4 is 9.80 Å². The molecule has 0 unspecified atom stereocenters. The van der Waals surface area contributed by atoms with E-state index in [4.69, 9.17) is 0 Å². The zero-order chi connectivity index (χ0) is 53.8. The van der Waals surface area contributed by atoms with Gasteiger partial charge in [0.05, 0.1) is 22.7 Å². The third-order valence-corrected chi connectivity index (χ3v) is 19.2. The van der Waals surface area contributed by atoms with Gasteiger partial charge < -0.3 is 9.80 Å². The molecule has 0 N–H and O–H groups in total. The van der Waals surface area contributed by atoms with Crippen LogP contribution >= 0.6 is 22.7 Å². The second-order valence-corrected chi connectivity index (χ2v) is 23.9. The lowest BCUT2D eigenvalue weighted by Crippen LogP contribution is -2.16. The van der Waals surface area contributed by atoms with Crippen LogP contribution in [-0.2, 0) is 25.7 Å². The van der Waals surface area contributed by atoms with Crippen LogP contribution in [0.3, 0.4) is 0 Å². The zero-order valence-electron chi connectivity index (χ0n) is 46.2. The molecule has 0 atom stereocenters. The lowest BCUT2D eigenvalue weighted by Gasteiger charge is -2.33. The lowest BCUT2D eigenvalue weighted by atomic mass is 9.90. The number of para-hydroxylation sites is 2. The molecule has 0 fully saturated rings. The number of anilines is 6. The van der Waals surface area contributed by atoms with Crippen LogP contribution in [0.2, 0.25) is 0 Å². The van der Waals surface area contributed by atoms with E-state index in [1.807, 2.05) is 22.7 Å². The van der Waals surface area contributed by atoms with Crippen molar-refractivity contribution in [2.75, 3.05) is 9.80 Å². The Bertz CT molecular complexity index is 4250. The van der Waals surface area contributed by atoms with E-state index in [0.29, 0.717) is 0 Å². The number of aryl methyl sites for hydroxylation is 4. The summed E-state index contributed by atoms with van der Waals surface area (Å²) in [5.41, 5.74) is 18.0. The highest BCUT2D eigenvalue weighted by atomic mass is 32.1. The van der Waals surface area contributed by atoms with E-state index in [1.165, 1.54) is 151 Å². The van der Waals surface area contributed by atoms with E-state index in [1.54, 1.807) is 0 Å². The van der Waals surface area contributed by atoms with Crippen LogP contribution in [0.15, 0.2) is 218 Å². The van der Waals surface area contributed by atoms with Gasteiger partial charge in [0.15, 0.2) is 0 Å². The molecule has 0 bridgehead atoms. The lowest BCUT2D eigenvalue weighted by molar-refractivity contribution is 0.891. The highest BCUT2D eigenvalue weighted by molar-refractivity contribution is 7.26. The second kappa shape index (κ2) is 21.1. The highest BCUT2D eigenvalue weighted by Crippen LogP contribution is 2.51. The Kier molecular flexibility index (Phi) is 13.2. The normalized spacial score (nSPS) is 11.9. The summed E-state index contributed by atoms with van der Waals surface area (Å²) < 4.78 is 5.35. The van der Waals surface area contributed by atoms with Crippen LogP contribution in [-0.4, -0.2) is 0 Å². The Labute approximate surface area is 478 Å². The van der Waals surface area contributed by atoms with Crippen molar-refractivity contribution in [2.45, 2.75) is 79.1 Å². The molecular formula is C76H64N2S2. The number of thiophene rings is 2. The predicted molar refractivity (Wildman–Crippen MR) is 352 cm³/mol. The molecule has 2 nitrogen and oxygen atoms in total. The Morgan fingerprint density at radius 3 is 1.04 bits per heavy atom. The number of hydrogen-bond acceptors (Lipinski definition) is 4. The Morgan fingerprint density at radius 1 is 0.300 bits per heavy atom. The van der Waals surface area contributed by atoms with Crippen molar-refractivity contribution in [3.05, 3.63) is 241 Å². The second-order valence-electron chi connectivity index (χ2n) is 21.8. The van der Waals surface area contributed by atoms with Crippen molar-refractivity contribution >= 4 is 129 Å². The Balaban J connectivity index is 0.967. The third kappa shape index (κ3) is 8.42. The largest absolute Gasteiger partial charge is 0.309 e. The van der Waals surface area contributed by atoms with Crippen LogP contribution in [0, 0.1) is 0 Å². The van der Waals surface area contributed by atoms with Crippen molar-refractivity contribution in [1.29, 1.82) is 0 Å². The van der Waals surface area contributed by atoms with Crippen molar-refractivity contribution in [3.63, 3.8) is 0 Å². The van der Waals surface area contributed by atoms with E-state index < -0.39 is 0 Å². The number of hydrogen-bond donors (Lipinski definition) is 0. The fourth-order valence-electron chi connectivity index (χ4n) is 13.2. The molecule has 390 valence electrons. The molecule has 0 saturated carbocycles. The Hall–Kier alpha value is -8.28. The van der Waals surface area contributed by atoms with Gasteiger partial charge in [-0.25, -0.2) is 0 Å². The highest BCUT2D eigenvalue weighted by Gasteiger charge is 2.27. The molecule has 0 spiro atoms. The van der Waals surface area contributed by atoms with Crippen molar-refractivity contribution in [3.8, 4) is 22.3 Å². The SMILES string of the molecule is CCCc1cccc(CCC)c1N(c1ccc(-c2cccc3c2sc2ccccc23)cc1)c1ccc2ccc3c(N(c4ccc(-c5cccc6c5sc5ccccc56)cc4)c4c(CCC)cccc4CCC)ccc4ccc1c2c43. The van der Waals surface area contributed by atoms with Gasteiger partial charge in [0.1, 0.15) is 0 Å². The Morgan fingerprint density at radius 2 is 0.650 bits per heavy atom. The fourth-order valence-corrected chi connectivity index (χ4v) is 15.7.